The number of fused-ring (bicyclic) bond motifs is 1. The summed E-state index contributed by atoms with van der Waals surface area (Å²) >= 11 is 6.20. The van der Waals surface area contributed by atoms with E-state index in [-0.39, 0.29) is 0 Å². The molecule has 3 heterocycles. The van der Waals surface area contributed by atoms with E-state index in [2.05, 4.69) is 38.6 Å². The average Bonchev–Trinajstić information content (AvgIpc) is 3.50. The summed E-state index contributed by atoms with van der Waals surface area (Å²) in [6.07, 6.45) is 3.03. The fourth-order valence-corrected chi connectivity index (χ4v) is 7.24. The molecule has 0 amide bonds. The minimum absolute atomic E-state index is 0.463. The quantitative estimate of drug-likeness (QED) is 0.323. The van der Waals surface area contributed by atoms with Gasteiger partial charge in [-0.2, -0.15) is 0 Å². The molecule has 8 heteroatoms. The molecule has 0 spiro atoms. The van der Waals surface area contributed by atoms with Crippen molar-refractivity contribution >= 4 is 38.5 Å². The van der Waals surface area contributed by atoms with Crippen LogP contribution in [-0.2, 0) is 22.8 Å². The molecule has 196 valence electrons. The van der Waals surface area contributed by atoms with Gasteiger partial charge in [0.25, 0.3) is 0 Å². The zero-order chi connectivity index (χ0) is 26.4. The molecule has 2 N–H and O–H groups in total. The number of hydrogen-bond acceptors (Lipinski definition) is 5. The Kier molecular flexibility index (Phi) is 6.36. The maximum atomic E-state index is 13.2. The minimum atomic E-state index is -3.46. The third kappa shape index (κ3) is 4.54. The van der Waals surface area contributed by atoms with Gasteiger partial charge in [-0.1, -0.05) is 35.9 Å². The van der Waals surface area contributed by atoms with E-state index in [9.17, 15) is 8.42 Å². The zero-order valence-corrected chi connectivity index (χ0v) is 23.0. The predicted octanol–water partition coefficient (Wildman–Crippen LogP) is 5.73. The highest BCUT2D eigenvalue weighted by Crippen LogP contribution is 2.45. The van der Waals surface area contributed by atoms with Crippen LogP contribution in [0.3, 0.4) is 0 Å². The van der Waals surface area contributed by atoms with E-state index in [1.165, 1.54) is 11.9 Å². The molecule has 0 saturated carbocycles. The van der Waals surface area contributed by atoms with Crippen molar-refractivity contribution in [2.45, 2.75) is 24.3 Å². The van der Waals surface area contributed by atoms with E-state index in [4.69, 9.17) is 17.3 Å². The maximum absolute atomic E-state index is 13.2. The molecule has 0 bridgehead atoms. The molecule has 38 heavy (non-hydrogen) atoms. The van der Waals surface area contributed by atoms with Crippen molar-refractivity contribution in [1.29, 1.82) is 0 Å². The number of sulfone groups is 1. The molecular weight excluding hydrogens is 516 g/mol. The van der Waals surface area contributed by atoms with Crippen molar-refractivity contribution < 1.29 is 8.42 Å². The lowest BCUT2D eigenvalue weighted by Gasteiger charge is -2.37. The first-order valence-corrected chi connectivity index (χ1v) is 15.2. The van der Waals surface area contributed by atoms with E-state index in [1.54, 1.807) is 0 Å². The fourth-order valence-electron chi connectivity index (χ4n) is 5.89. The van der Waals surface area contributed by atoms with Gasteiger partial charge in [0.2, 0.25) is 0 Å². The highest BCUT2D eigenvalue weighted by atomic mass is 35.5. The van der Waals surface area contributed by atoms with E-state index in [0.717, 1.165) is 85.0 Å². The van der Waals surface area contributed by atoms with E-state index >= 15 is 0 Å². The first-order valence-electron chi connectivity index (χ1n) is 13.0. The summed E-state index contributed by atoms with van der Waals surface area (Å²) in [6.45, 7) is 4.37. The Morgan fingerprint density at radius 1 is 0.789 bits per heavy atom. The molecular formula is C30H31ClN4O2S. The number of piperazine rings is 1. The van der Waals surface area contributed by atoms with Gasteiger partial charge in [0.05, 0.1) is 10.6 Å². The van der Waals surface area contributed by atoms with Crippen LogP contribution >= 0.6 is 11.6 Å². The van der Waals surface area contributed by atoms with Crippen LogP contribution in [-0.4, -0.2) is 45.4 Å². The van der Waals surface area contributed by atoms with Crippen molar-refractivity contribution in [2.75, 3.05) is 48.0 Å². The highest BCUT2D eigenvalue weighted by Gasteiger charge is 2.32. The molecule has 0 radical (unpaired) electrons. The number of rotatable bonds is 5. The normalized spacial score (nSPS) is 15.6. The molecule has 1 fully saturated rings. The number of nitrogen functional groups attached to an aromatic ring is 1. The van der Waals surface area contributed by atoms with Crippen LogP contribution in [0.15, 0.2) is 77.7 Å². The summed E-state index contributed by atoms with van der Waals surface area (Å²) in [7, 11) is -3.46. The SMILES string of the molecule is CS(=O)(=O)c1c(-c2cccc(N3CCN(c4ccc(N)cc4)CC3)c2)c(-c2ccc(Cl)cc2)n2c1CCC2. The molecule has 0 aliphatic carbocycles. The first kappa shape index (κ1) is 24.9. The van der Waals surface area contributed by atoms with Gasteiger partial charge in [-0.05, 0) is 72.5 Å². The Morgan fingerprint density at radius 2 is 1.45 bits per heavy atom. The number of anilines is 3. The van der Waals surface area contributed by atoms with Crippen LogP contribution in [0.5, 0.6) is 0 Å². The second kappa shape index (κ2) is 9.71. The predicted molar refractivity (Wildman–Crippen MR) is 157 cm³/mol. The lowest BCUT2D eigenvalue weighted by atomic mass is 9.99. The van der Waals surface area contributed by atoms with Crippen molar-refractivity contribution in [2.24, 2.45) is 0 Å². The summed E-state index contributed by atoms with van der Waals surface area (Å²) < 4.78 is 28.6. The van der Waals surface area contributed by atoms with Gasteiger partial charge in [-0.3, -0.25) is 0 Å². The lowest BCUT2D eigenvalue weighted by Crippen LogP contribution is -2.46. The second-order valence-electron chi connectivity index (χ2n) is 10.1. The molecule has 2 aliphatic heterocycles. The third-order valence-electron chi connectivity index (χ3n) is 7.64. The van der Waals surface area contributed by atoms with Gasteiger partial charge in [-0.25, -0.2) is 8.42 Å². The molecule has 2 aliphatic rings. The monoisotopic (exact) mass is 546 g/mol. The molecule has 0 unspecified atom stereocenters. The van der Waals surface area contributed by atoms with Crippen LogP contribution in [0.25, 0.3) is 22.4 Å². The Hall–Kier alpha value is -3.42. The lowest BCUT2D eigenvalue weighted by molar-refractivity contribution is 0.601. The van der Waals surface area contributed by atoms with Gasteiger partial charge in [0, 0.05) is 72.3 Å². The number of hydrogen-bond donors (Lipinski definition) is 1. The van der Waals surface area contributed by atoms with Gasteiger partial charge >= 0.3 is 0 Å². The molecule has 1 saturated heterocycles. The van der Waals surface area contributed by atoms with Crippen molar-refractivity contribution in [3.05, 3.63) is 83.5 Å². The average molecular weight is 547 g/mol. The number of benzene rings is 3. The topological polar surface area (TPSA) is 71.6 Å². The minimum Gasteiger partial charge on any atom is -0.399 e. The standard InChI is InChI=1S/C30H31ClN4O2S/c1-38(36,37)30-27-6-3-15-35(27)29(21-7-9-23(31)10-8-21)28(30)22-4-2-5-26(20-22)34-18-16-33(17-19-34)25-13-11-24(32)12-14-25/h2,4-5,7-14,20H,3,6,15-19,32H2,1H3. The van der Waals surface area contributed by atoms with Crippen LogP contribution in [0, 0.1) is 0 Å². The van der Waals surface area contributed by atoms with Crippen LogP contribution in [0.4, 0.5) is 17.1 Å². The van der Waals surface area contributed by atoms with Crippen molar-refractivity contribution in [1.82, 2.24) is 4.57 Å². The zero-order valence-electron chi connectivity index (χ0n) is 21.4. The van der Waals surface area contributed by atoms with Crippen LogP contribution in [0.1, 0.15) is 12.1 Å². The molecule has 1 aromatic heterocycles. The van der Waals surface area contributed by atoms with E-state index in [0.29, 0.717) is 9.92 Å². The Balaban J connectivity index is 1.39. The number of nitrogens with zero attached hydrogens (tertiary/aromatic N) is 3. The Bertz CT molecular complexity index is 1590. The summed E-state index contributed by atoms with van der Waals surface area (Å²) in [5.41, 5.74) is 13.5. The van der Waals surface area contributed by atoms with E-state index < -0.39 is 9.84 Å². The maximum Gasteiger partial charge on any atom is 0.177 e. The van der Waals surface area contributed by atoms with Crippen LogP contribution in [0.2, 0.25) is 5.02 Å². The number of aromatic nitrogens is 1. The molecule has 6 rings (SSSR count). The molecule has 0 atom stereocenters. The fraction of sp³-hybridized carbons (Fsp3) is 0.267. The summed E-state index contributed by atoms with van der Waals surface area (Å²) in [4.78, 5) is 5.21. The largest absolute Gasteiger partial charge is 0.399 e. The van der Waals surface area contributed by atoms with Crippen molar-refractivity contribution in [3.8, 4) is 22.4 Å². The highest BCUT2D eigenvalue weighted by molar-refractivity contribution is 7.91. The first-order chi connectivity index (χ1) is 18.3. The molecule has 4 aromatic rings. The van der Waals surface area contributed by atoms with E-state index in [1.807, 2.05) is 48.5 Å². The second-order valence-corrected chi connectivity index (χ2v) is 12.5. The van der Waals surface area contributed by atoms with Crippen molar-refractivity contribution in [3.63, 3.8) is 0 Å². The summed E-state index contributed by atoms with van der Waals surface area (Å²) in [5.74, 6) is 0. The van der Waals surface area contributed by atoms with Gasteiger partial charge in [-0.15, -0.1) is 0 Å². The molecule has 6 nitrogen and oxygen atoms in total. The number of nitrogens with two attached hydrogens (primary N) is 1. The Labute approximate surface area is 229 Å². The smallest absolute Gasteiger partial charge is 0.177 e. The summed E-state index contributed by atoms with van der Waals surface area (Å²) in [5, 5.41) is 0.659. The third-order valence-corrected chi connectivity index (χ3v) is 9.08. The Morgan fingerprint density at radius 3 is 2.11 bits per heavy atom. The van der Waals surface area contributed by atoms with Crippen LogP contribution < -0.4 is 15.5 Å². The van der Waals surface area contributed by atoms with Gasteiger partial charge in [0.1, 0.15) is 0 Å². The summed E-state index contributed by atoms with van der Waals surface area (Å²) in [6, 6.07) is 24.1. The van der Waals surface area contributed by atoms with Gasteiger partial charge < -0.3 is 20.1 Å². The number of halogens is 1. The molecule has 3 aromatic carbocycles. The van der Waals surface area contributed by atoms with Gasteiger partial charge in [0.15, 0.2) is 9.84 Å².